The van der Waals surface area contributed by atoms with E-state index in [1.165, 1.54) is 60.6 Å². The fourth-order valence-electron chi connectivity index (χ4n) is 6.83. The van der Waals surface area contributed by atoms with Crippen LogP contribution in [0.4, 0.5) is 5.69 Å². The molecule has 4 aromatic rings. The molecule has 8 rings (SSSR count). The van der Waals surface area contributed by atoms with Gasteiger partial charge in [0.2, 0.25) is 0 Å². The second-order valence-electron chi connectivity index (χ2n) is 11.0. The van der Waals surface area contributed by atoms with Gasteiger partial charge in [-0.1, -0.05) is 103 Å². The highest BCUT2D eigenvalue weighted by atomic mass is 32.2. The van der Waals surface area contributed by atoms with Crippen LogP contribution in [0.25, 0.3) is 21.9 Å². The van der Waals surface area contributed by atoms with Crippen LogP contribution >= 0.6 is 11.8 Å². The number of nitrogens with zero attached hydrogens (tertiary/aromatic N) is 1. The minimum atomic E-state index is 0.386. The van der Waals surface area contributed by atoms with Gasteiger partial charge < -0.3 is 4.90 Å². The summed E-state index contributed by atoms with van der Waals surface area (Å²) in [5.41, 5.74) is 10.9. The highest BCUT2D eigenvalue weighted by molar-refractivity contribution is 8.00. The molecule has 40 heavy (non-hydrogen) atoms. The van der Waals surface area contributed by atoms with E-state index in [1.807, 2.05) is 0 Å². The van der Waals surface area contributed by atoms with Gasteiger partial charge in [0.05, 0.1) is 0 Å². The van der Waals surface area contributed by atoms with Crippen molar-refractivity contribution in [2.75, 3.05) is 4.90 Å². The van der Waals surface area contributed by atoms with Crippen LogP contribution < -0.4 is 4.90 Å². The standard InChI is InChI=1S/C38H31NS/c1-3-11-26(12-4-1)27-19-22-30(23-20-27)39(29-14-5-2-6-15-29)35-25-36-37(33-18-10-9-17-32(33)35)34-24-21-28-13-7-8-16-31(28)38(34)40-36/h1,3-5,7-8,10-16,18-25,36-37H,2,6,9,17H2. The Bertz CT molecular complexity index is 1770. The normalized spacial score (nSPS) is 21.0. The largest absolute Gasteiger partial charge is 0.311 e. The molecule has 2 atom stereocenters. The maximum absolute atomic E-state index is 2.59. The van der Waals surface area contributed by atoms with Crippen molar-refractivity contribution >= 4 is 28.2 Å². The molecule has 0 bridgehead atoms. The zero-order valence-electron chi connectivity index (χ0n) is 22.5. The van der Waals surface area contributed by atoms with E-state index in [4.69, 9.17) is 0 Å². The van der Waals surface area contributed by atoms with Crippen molar-refractivity contribution in [1.82, 2.24) is 0 Å². The molecule has 1 heterocycles. The van der Waals surface area contributed by atoms with Crippen molar-refractivity contribution < 1.29 is 0 Å². The summed E-state index contributed by atoms with van der Waals surface area (Å²) in [6.45, 7) is 0. The lowest BCUT2D eigenvalue weighted by molar-refractivity contribution is 0.772. The quantitative estimate of drug-likeness (QED) is 0.257. The van der Waals surface area contributed by atoms with Gasteiger partial charge in [0, 0.05) is 33.1 Å². The van der Waals surface area contributed by atoms with Crippen LogP contribution in [0.1, 0.15) is 37.2 Å². The summed E-state index contributed by atoms with van der Waals surface area (Å²) in [6.07, 6.45) is 18.9. The van der Waals surface area contributed by atoms with E-state index in [0.29, 0.717) is 11.2 Å². The van der Waals surface area contributed by atoms with E-state index in [0.717, 1.165) is 25.7 Å². The predicted octanol–water partition coefficient (Wildman–Crippen LogP) is 10.3. The number of benzene rings is 4. The molecule has 0 aromatic heterocycles. The SMILES string of the molecule is C1=CC(N(C2=CC3Sc4c(ccc5ccccc45)C3C3=C2CCC=C3)c2ccc(-c3ccccc3)cc2)=CCC1. The summed E-state index contributed by atoms with van der Waals surface area (Å²) in [5, 5.41) is 3.11. The molecule has 0 amide bonds. The number of rotatable bonds is 4. The van der Waals surface area contributed by atoms with Crippen molar-refractivity contribution in [2.45, 2.75) is 41.7 Å². The van der Waals surface area contributed by atoms with Gasteiger partial charge >= 0.3 is 0 Å². The zero-order chi connectivity index (χ0) is 26.5. The van der Waals surface area contributed by atoms with Crippen molar-refractivity contribution in [3.05, 3.63) is 156 Å². The minimum Gasteiger partial charge on any atom is -0.311 e. The number of allylic oxidation sites excluding steroid dienone is 7. The van der Waals surface area contributed by atoms with E-state index in [9.17, 15) is 0 Å². The summed E-state index contributed by atoms with van der Waals surface area (Å²) >= 11 is 2.06. The van der Waals surface area contributed by atoms with E-state index in [1.54, 1.807) is 0 Å². The molecule has 0 N–H and O–H groups in total. The molecule has 4 aromatic carbocycles. The predicted molar refractivity (Wildman–Crippen MR) is 171 cm³/mol. The fraction of sp³-hybridized carbons (Fsp3) is 0.158. The molecule has 0 fully saturated rings. The molecule has 1 aliphatic heterocycles. The van der Waals surface area contributed by atoms with Gasteiger partial charge in [0.15, 0.2) is 0 Å². The zero-order valence-corrected chi connectivity index (χ0v) is 23.3. The number of thioether (sulfide) groups is 1. The topological polar surface area (TPSA) is 3.24 Å². The first kappa shape index (κ1) is 23.8. The number of anilines is 1. The average molecular weight is 534 g/mol. The van der Waals surface area contributed by atoms with Crippen molar-refractivity contribution in [1.29, 1.82) is 0 Å². The lowest BCUT2D eigenvalue weighted by Gasteiger charge is -2.38. The number of fused-ring (bicyclic) bond motifs is 6. The van der Waals surface area contributed by atoms with Crippen LogP contribution in [-0.4, -0.2) is 5.25 Å². The molecular formula is C38H31NS. The first-order valence-electron chi connectivity index (χ1n) is 14.5. The Hall–Kier alpha value is -4.01. The van der Waals surface area contributed by atoms with Gasteiger partial charge in [0.25, 0.3) is 0 Å². The Kier molecular flexibility index (Phi) is 5.88. The van der Waals surface area contributed by atoms with Crippen LogP contribution in [0.5, 0.6) is 0 Å². The summed E-state index contributed by atoms with van der Waals surface area (Å²) in [6, 6.07) is 33.4. The van der Waals surface area contributed by atoms with Crippen molar-refractivity contribution in [2.24, 2.45) is 0 Å². The van der Waals surface area contributed by atoms with Gasteiger partial charge in [-0.2, -0.15) is 0 Å². The van der Waals surface area contributed by atoms with E-state index in [-0.39, 0.29) is 0 Å². The fourth-order valence-corrected chi connectivity index (χ4v) is 8.38. The van der Waals surface area contributed by atoms with Crippen molar-refractivity contribution in [3.63, 3.8) is 0 Å². The van der Waals surface area contributed by atoms with Crippen LogP contribution in [0.3, 0.4) is 0 Å². The van der Waals surface area contributed by atoms with Crippen LogP contribution in [0.15, 0.2) is 155 Å². The molecule has 0 saturated heterocycles. The van der Waals surface area contributed by atoms with E-state index < -0.39 is 0 Å². The number of hydrogen-bond acceptors (Lipinski definition) is 2. The summed E-state index contributed by atoms with van der Waals surface area (Å²) < 4.78 is 0. The lowest BCUT2D eigenvalue weighted by atomic mass is 9.76. The Labute approximate surface area is 240 Å². The third-order valence-electron chi connectivity index (χ3n) is 8.71. The van der Waals surface area contributed by atoms with Crippen molar-refractivity contribution in [3.8, 4) is 11.1 Å². The Morgan fingerprint density at radius 1 is 0.700 bits per heavy atom. The Morgan fingerprint density at radius 3 is 2.35 bits per heavy atom. The Morgan fingerprint density at radius 2 is 1.50 bits per heavy atom. The summed E-state index contributed by atoms with van der Waals surface area (Å²) in [7, 11) is 0. The third kappa shape index (κ3) is 3.93. The highest BCUT2D eigenvalue weighted by Gasteiger charge is 2.41. The highest BCUT2D eigenvalue weighted by Crippen LogP contribution is 2.57. The van der Waals surface area contributed by atoms with Gasteiger partial charge in [-0.15, -0.1) is 11.8 Å². The van der Waals surface area contributed by atoms with Gasteiger partial charge in [0.1, 0.15) is 0 Å². The van der Waals surface area contributed by atoms with Gasteiger partial charge in [-0.05, 0) is 88.6 Å². The van der Waals surface area contributed by atoms with Crippen LogP contribution in [0, 0.1) is 0 Å². The maximum Gasteiger partial charge on any atom is 0.0468 e. The van der Waals surface area contributed by atoms with E-state index in [2.05, 4.69) is 144 Å². The molecule has 2 heteroatoms. The molecule has 2 unspecified atom stereocenters. The Balaban J connectivity index is 1.26. The monoisotopic (exact) mass is 533 g/mol. The molecule has 194 valence electrons. The molecule has 4 aliphatic rings. The molecule has 3 aliphatic carbocycles. The third-order valence-corrected chi connectivity index (χ3v) is 10.1. The molecule has 0 radical (unpaired) electrons. The first-order chi connectivity index (χ1) is 19.8. The smallest absolute Gasteiger partial charge is 0.0468 e. The van der Waals surface area contributed by atoms with Crippen LogP contribution in [0.2, 0.25) is 0 Å². The van der Waals surface area contributed by atoms with Crippen LogP contribution in [-0.2, 0) is 0 Å². The van der Waals surface area contributed by atoms with E-state index >= 15 is 0 Å². The van der Waals surface area contributed by atoms with Gasteiger partial charge in [-0.25, -0.2) is 0 Å². The first-order valence-corrected chi connectivity index (χ1v) is 15.4. The summed E-state index contributed by atoms with van der Waals surface area (Å²) in [4.78, 5) is 4.00. The minimum absolute atomic E-state index is 0.386. The lowest BCUT2D eigenvalue weighted by Crippen LogP contribution is -2.29. The second-order valence-corrected chi connectivity index (χ2v) is 12.2. The van der Waals surface area contributed by atoms with Gasteiger partial charge in [-0.3, -0.25) is 0 Å². The molecular weight excluding hydrogens is 502 g/mol. The molecule has 1 nitrogen and oxygen atoms in total. The second kappa shape index (κ2) is 9.87. The number of hydrogen-bond donors (Lipinski definition) is 0. The molecule has 0 spiro atoms. The molecule has 0 saturated carbocycles. The summed E-state index contributed by atoms with van der Waals surface area (Å²) in [5.74, 6) is 0.415. The average Bonchev–Trinajstić information content (AvgIpc) is 3.42. The maximum atomic E-state index is 2.59.